The zero-order valence-corrected chi connectivity index (χ0v) is 9.27. The maximum absolute atomic E-state index is 10.9. The summed E-state index contributed by atoms with van der Waals surface area (Å²) in [6.07, 6.45) is -0.382. The van der Waals surface area contributed by atoms with E-state index >= 15 is 0 Å². The first kappa shape index (κ1) is 11.3. The van der Waals surface area contributed by atoms with E-state index in [1.54, 1.807) is 12.1 Å². The van der Waals surface area contributed by atoms with Crippen molar-refractivity contribution in [3.8, 4) is 0 Å². The van der Waals surface area contributed by atoms with Gasteiger partial charge in [0.1, 0.15) is 0 Å². The van der Waals surface area contributed by atoms with Crippen molar-refractivity contribution in [1.29, 1.82) is 0 Å². The van der Waals surface area contributed by atoms with Gasteiger partial charge in [0.25, 0.3) is 0 Å². The summed E-state index contributed by atoms with van der Waals surface area (Å²) in [5.41, 5.74) is 2.06. The number of benzene rings is 1. The van der Waals surface area contributed by atoms with E-state index < -0.39 is 11.8 Å². The molecule has 0 aliphatic rings. The lowest BCUT2D eigenvalue weighted by molar-refractivity contribution is 0.156. The first-order valence-electron chi connectivity index (χ1n) is 5.12. The third-order valence-electron chi connectivity index (χ3n) is 2.55. The van der Waals surface area contributed by atoms with Gasteiger partial charge in [-0.25, -0.2) is 9.59 Å². The molecule has 1 aromatic heterocycles. The van der Waals surface area contributed by atoms with Gasteiger partial charge in [-0.15, -0.1) is 0 Å². The molecular formula is C11H12N2O4. The molecular weight excluding hydrogens is 224 g/mol. The van der Waals surface area contributed by atoms with Gasteiger partial charge in [-0.05, 0) is 24.1 Å². The summed E-state index contributed by atoms with van der Waals surface area (Å²) in [6.45, 7) is 0.398. The number of aromatic amines is 1. The maximum Gasteiger partial charge on any atom is 0.417 e. The number of hydrogen-bond acceptors (Lipinski definition) is 3. The summed E-state index contributed by atoms with van der Waals surface area (Å²) < 4.78 is 4.92. The highest BCUT2D eigenvalue weighted by Gasteiger charge is 2.06. The van der Waals surface area contributed by atoms with E-state index in [0.29, 0.717) is 24.1 Å². The Kier molecular flexibility index (Phi) is 2.86. The summed E-state index contributed by atoms with van der Waals surface area (Å²) in [5.74, 6) is -0.486. The first-order chi connectivity index (χ1) is 8.06. The molecule has 1 amide bonds. The highest BCUT2D eigenvalue weighted by molar-refractivity contribution is 5.72. The van der Waals surface area contributed by atoms with E-state index in [9.17, 15) is 9.59 Å². The van der Waals surface area contributed by atoms with Gasteiger partial charge in [-0.1, -0.05) is 6.07 Å². The molecule has 2 aromatic rings. The van der Waals surface area contributed by atoms with E-state index in [-0.39, 0.29) is 0 Å². The molecule has 6 nitrogen and oxygen atoms in total. The van der Waals surface area contributed by atoms with Crippen LogP contribution in [0.25, 0.3) is 11.1 Å². The summed E-state index contributed by atoms with van der Waals surface area (Å²) >= 11 is 0. The largest absolute Gasteiger partial charge is 0.465 e. The van der Waals surface area contributed by atoms with Crippen LogP contribution in [0.4, 0.5) is 4.79 Å². The van der Waals surface area contributed by atoms with Crippen LogP contribution in [0.2, 0.25) is 0 Å². The highest BCUT2D eigenvalue weighted by Crippen LogP contribution is 2.12. The lowest BCUT2D eigenvalue weighted by Crippen LogP contribution is -2.26. The van der Waals surface area contributed by atoms with E-state index in [2.05, 4.69) is 4.98 Å². The SMILES string of the molecule is CN(CCc1ccc2[nH]c(=O)oc2c1)C(=O)O. The van der Waals surface area contributed by atoms with Crippen LogP contribution in [0.3, 0.4) is 0 Å². The molecule has 0 fully saturated rings. The van der Waals surface area contributed by atoms with Crippen LogP contribution in [0, 0.1) is 0 Å². The molecule has 2 rings (SSSR count). The van der Waals surface area contributed by atoms with Gasteiger partial charge >= 0.3 is 11.8 Å². The second kappa shape index (κ2) is 4.32. The third-order valence-corrected chi connectivity index (χ3v) is 2.55. The highest BCUT2D eigenvalue weighted by atomic mass is 16.4. The van der Waals surface area contributed by atoms with Crippen molar-refractivity contribution in [2.45, 2.75) is 6.42 Å². The number of nitrogens with zero attached hydrogens (tertiary/aromatic N) is 1. The molecule has 0 spiro atoms. The van der Waals surface area contributed by atoms with E-state index in [4.69, 9.17) is 9.52 Å². The zero-order valence-electron chi connectivity index (χ0n) is 9.27. The number of H-pyrrole nitrogens is 1. The molecule has 1 heterocycles. The van der Waals surface area contributed by atoms with Crippen LogP contribution in [-0.4, -0.2) is 34.7 Å². The minimum absolute atomic E-state index is 0.398. The number of fused-ring (bicyclic) bond motifs is 1. The van der Waals surface area contributed by atoms with Crippen molar-refractivity contribution in [3.05, 3.63) is 34.3 Å². The lowest BCUT2D eigenvalue weighted by atomic mass is 10.1. The number of hydrogen-bond donors (Lipinski definition) is 2. The van der Waals surface area contributed by atoms with Crippen molar-refractivity contribution in [2.75, 3.05) is 13.6 Å². The van der Waals surface area contributed by atoms with Gasteiger partial charge in [-0.3, -0.25) is 4.98 Å². The van der Waals surface area contributed by atoms with E-state index in [1.165, 1.54) is 11.9 Å². The smallest absolute Gasteiger partial charge is 0.417 e. The molecule has 0 saturated carbocycles. The number of nitrogens with one attached hydrogen (secondary N) is 1. The normalized spacial score (nSPS) is 10.6. The molecule has 0 aliphatic carbocycles. The second-order valence-electron chi connectivity index (χ2n) is 3.80. The van der Waals surface area contributed by atoms with Crippen LogP contribution in [0.15, 0.2) is 27.4 Å². The number of carbonyl (C=O) groups is 1. The Morgan fingerprint density at radius 1 is 1.53 bits per heavy atom. The van der Waals surface area contributed by atoms with Crippen molar-refractivity contribution >= 4 is 17.2 Å². The van der Waals surface area contributed by atoms with Gasteiger partial charge < -0.3 is 14.4 Å². The predicted octanol–water partition coefficient (Wildman–Crippen LogP) is 1.27. The topological polar surface area (TPSA) is 86.5 Å². The summed E-state index contributed by atoms with van der Waals surface area (Å²) in [5, 5.41) is 8.70. The molecule has 0 bridgehead atoms. The Morgan fingerprint density at radius 2 is 2.29 bits per heavy atom. The molecule has 0 radical (unpaired) electrons. The minimum Gasteiger partial charge on any atom is -0.465 e. The quantitative estimate of drug-likeness (QED) is 0.840. The number of likely N-dealkylation sites (N-methyl/N-ethyl adjacent to an activating group) is 1. The van der Waals surface area contributed by atoms with Gasteiger partial charge in [-0.2, -0.15) is 0 Å². The van der Waals surface area contributed by atoms with Gasteiger partial charge in [0.2, 0.25) is 0 Å². The Balaban J connectivity index is 2.14. The van der Waals surface area contributed by atoms with Gasteiger partial charge in [0, 0.05) is 13.6 Å². The monoisotopic (exact) mass is 236 g/mol. The van der Waals surface area contributed by atoms with Crippen molar-refractivity contribution in [2.24, 2.45) is 0 Å². The summed E-state index contributed by atoms with van der Waals surface area (Å²) in [6, 6.07) is 5.32. The predicted molar refractivity (Wildman–Crippen MR) is 61.2 cm³/mol. The van der Waals surface area contributed by atoms with Crippen LogP contribution < -0.4 is 5.76 Å². The molecule has 0 saturated heterocycles. The van der Waals surface area contributed by atoms with Crippen LogP contribution in [0.1, 0.15) is 5.56 Å². The van der Waals surface area contributed by atoms with Crippen LogP contribution >= 0.6 is 0 Å². The number of oxazole rings is 1. The Hall–Kier alpha value is -2.24. The fourth-order valence-electron chi connectivity index (χ4n) is 1.54. The number of aromatic nitrogens is 1. The molecule has 90 valence electrons. The molecule has 2 N–H and O–H groups in total. The molecule has 1 aromatic carbocycles. The van der Waals surface area contributed by atoms with E-state index in [0.717, 1.165) is 5.56 Å². The standard InChI is InChI=1S/C11H12N2O4/c1-13(11(15)16)5-4-7-2-3-8-9(6-7)17-10(14)12-8/h2-3,6H,4-5H2,1H3,(H,12,14)(H,15,16). The molecule has 6 heteroatoms. The third kappa shape index (κ3) is 2.47. The Labute approximate surface area is 96.5 Å². The molecule has 0 unspecified atom stereocenters. The molecule has 17 heavy (non-hydrogen) atoms. The van der Waals surface area contributed by atoms with Crippen LogP contribution in [0.5, 0.6) is 0 Å². The average molecular weight is 236 g/mol. The van der Waals surface area contributed by atoms with Gasteiger partial charge in [0.05, 0.1) is 5.52 Å². The summed E-state index contributed by atoms with van der Waals surface area (Å²) in [7, 11) is 1.51. The Morgan fingerprint density at radius 3 is 3.00 bits per heavy atom. The minimum atomic E-state index is -0.959. The van der Waals surface area contributed by atoms with Crippen molar-refractivity contribution in [1.82, 2.24) is 9.88 Å². The van der Waals surface area contributed by atoms with Crippen molar-refractivity contribution in [3.63, 3.8) is 0 Å². The van der Waals surface area contributed by atoms with Crippen LogP contribution in [-0.2, 0) is 6.42 Å². The summed E-state index contributed by atoms with van der Waals surface area (Å²) in [4.78, 5) is 25.3. The molecule has 0 atom stereocenters. The van der Waals surface area contributed by atoms with E-state index in [1.807, 2.05) is 6.07 Å². The number of carboxylic acid groups (broad SMARTS) is 1. The Bertz CT molecular complexity index is 599. The number of rotatable bonds is 3. The maximum atomic E-state index is 10.9. The molecule has 0 aliphatic heterocycles. The fraction of sp³-hybridized carbons (Fsp3) is 0.273. The number of amides is 1. The van der Waals surface area contributed by atoms with Crippen molar-refractivity contribution < 1.29 is 14.3 Å². The second-order valence-corrected chi connectivity index (χ2v) is 3.80. The first-order valence-corrected chi connectivity index (χ1v) is 5.12. The zero-order chi connectivity index (χ0) is 12.4. The van der Waals surface area contributed by atoms with Gasteiger partial charge in [0.15, 0.2) is 5.58 Å². The fourth-order valence-corrected chi connectivity index (χ4v) is 1.54. The average Bonchev–Trinajstić information content (AvgIpc) is 2.64. The lowest BCUT2D eigenvalue weighted by Gasteiger charge is -2.12.